The van der Waals surface area contributed by atoms with Gasteiger partial charge in [-0.25, -0.2) is 0 Å². The van der Waals surface area contributed by atoms with Gasteiger partial charge in [0.25, 0.3) is 0 Å². The SMILES string of the molecule is Cc1ccc(C(N)C(=O)NCC2CCCCC2O)cc1.Cl. The van der Waals surface area contributed by atoms with Gasteiger partial charge in [0.1, 0.15) is 6.04 Å². The van der Waals surface area contributed by atoms with Crippen LogP contribution in [0.5, 0.6) is 0 Å². The monoisotopic (exact) mass is 312 g/mol. The van der Waals surface area contributed by atoms with Crippen LogP contribution in [-0.2, 0) is 4.79 Å². The summed E-state index contributed by atoms with van der Waals surface area (Å²) in [5.74, 6) is -0.00968. The smallest absolute Gasteiger partial charge is 0.241 e. The molecule has 1 aromatic carbocycles. The number of aliphatic hydroxyl groups excluding tert-OH is 1. The summed E-state index contributed by atoms with van der Waals surface area (Å²) in [7, 11) is 0. The summed E-state index contributed by atoms with van der Waals surface area (Å²) in [6.07, 6.45) is 3.72. The van der Waals surface area contributed by atoms with Crippen molar-refractivity contribution in [3.63, 3.8) is 0 Å². The maximum Gasteiger partial charge on any atom is 0.241 e. The zero-order valence-corrected chi connectivity index (χ0v) is 13.2. The maximum absolute atomic E-state index is 12.1. The first kappa shape index (κ1) is 18.0. The first-order valence-corrected chi connectivity index (χ1v) is 7.36. The highest BCUT2D eigenvalue weighted by Crippen LogP contribution is 2.23. The molecule has 3 unspecified atom stereocenters. The van der Waals surface area contributed by atoms with Crippen LogP contribution in [0, 0.1) is 12.8 Å². The average Bonchev–Trinajstić information content (AvgIpc) is 2.46. The Balaban J connectivity index is 0.00000220. The van der Waals surface area contributed by atoms with Gasteiger partial charge in [0, 0.05) is 12.5 Å². The summed E-state index contributed by atoms with van der Waals surface area (Å²) in [6, 6.07) is 7.03. The van der Waals surface area contributed by atoms with Gasteiger partial charge >= 0.3 is 0 Å². The molecule has 5 heteroatoms. The number of benzene rings is 1. The lowest BCUT2D eigenvalue weighted by Gasteiger charge is -2.28. The van der Waals surface area contributed by atoms with Crippen molar-refractivity contribution in [2.75, 3.05) is 6.54 Å². The molecule has 4 N–H and O–H groups in total. The summed E-state index contributed by atoms with van der Waals surface area (Å²) in [5.41, 5.74) is 7.93. The van der Waals surface area contributed by atoms with Crippen LogP contribution in [0.15, 0.2) is 24.3 Å². The van der Waals surface area contributed by atoms with Gasteiger partial charge in [0.05, 0.1) is 6.10 Å². The van der Waals surface area contributed by atoms with Crippen molar-refractivity contribution in [2.45, 2.75) is 44.8 Å². The van der Waals surface area contributed by atoms with Crippen molar-refractivity contribution in [2.24, 2.45) is 11.7 Å². The van der Waals surface area contributed by atoms with E-state index < -0.39 is 6.04 Å². The minimum Gasteiger partial charge on any atom is -0.393 e. The molecule has 1 saturated carbocycles. The second kappa shape index (κ2) is 8.37. The largest absolute Gasteiger partial charge is 0.393 e. The van der Waals surface area contributed by atoms with Crippen LogP contribution in [0.3, 0.4) is 0 Å². The number of amides is 1. The van der Waals surface area contributed by atoms with Gasteiger partial charge < -0.3 is 16.2 Å². The molecule has 0 aromatic heterocycles. The summed E-state index contributed by atoms with van der Waals surface area (Å²) < 4.78 is 0. The molecular weight excluding hydrogens is 288 g/mol. The molecule has 1 aliphatic carbocycles. The number of nitrogens with one attached hydrogen (secondary N) is 1. The fourth-order valence-electron chi connectivity index (χ4n) is 2.69. The summed E-state index contributed by atoms with van der Waals surface area (Å²) >= 11 is 0. The Bertz CT molecular complexity index is 450. The van der Waals surface area contributed by atoms with Gasteiger partial charge in [0.2, 0.25) is 5.91 Å². The third-order valence-electron chi connectivity index (χ3n) is 4.13. The van der Waals surface area contributed by atoms with E-state index in [2.05, 4.69) is 5.32 Å². The fraction of sp³-hybridized carbons (Fsp3) is 0.562. The van der Waals surface area contributed by atoms with E-state index in [1.165, 1.54) is 0 Å². The van der Waals surface area contributed by atoms with Gasteiger partial charge in [-0.05, 0) is 25.3 Å². The Labute approximate surface area is 132 Å². The van der Waals surface area contributed by atoms with Crippen molar-refractivity contribution in [3.05, 3.63) is 35.4 Å². The molecule has 0 saturated heterocycles. The maximum atomic E-state index is 12.1. The topological polar surface area (TPSA) is 75.4 Å². The molecule has 0 heterocycles. The molecule has 3 atom stereocenters. The van der Waals surface area contributed by atoms with E-state index in [9.17, 15) is 9.90 Å². The standard InChI is InChI=1S/C16H24N2O2.ClH/c1-11-6-8-12(9-7-11)15(17)16(20)18-10-13-4-2-3-5-14(13)19;/h6-9,13-15,19H,2-5,10,17H2,1H3,(H,18,20);1H. The van der Waals surface area contributed by atoms with Crippen molar-refractivity contribution < 1.29 is 9.90 Å². The first-order valence-electron chi connectivity index (χ1n) is 7.36. The summed E-state index contributed by atoms with van der Waals surface area (Å²) in [5, 5.41) is 12.8. The average molecular weight is 313 g/mol. The predicted molar refractivity (Wildman–Crippen MR) is 86.3 cm³/mol. The molecule has 1 aliphatic rings. The highest BCUT2D eigenvalue weighted by molar-refractivity contribution is 5.85. The second-order valence-electron chi connectivity index (χ2n) is 5.75. The molecule has 0 bridgehead atoms. The molecule has 21 heavy (non-hydrogen) atoms. The van der Waals surface area contributed by atoms with Crippen LogP contribution in [-0.4, -0.2) is 23.7 Å². The number of rotatable bonds is 4. The number of halogens is 1. The Morgan fingerprint density at radius 3 is 2.57 bits per heavy atom. The Morgan fingerprint density at radius 1 is 1.33 bits per heavy atom. The molecule has 1 amide bonds. The lowest BCUT2D eigenvalue weighted by Crippen LogP contribution is -2.40. The number of hydrogen-bond donors (Lipinski definition) is 3. The van der Waals surface area contributed by atoms with E-state index in [0.717, 1.165) is 36.8 Å². The molecule has 118 valence electrons. The summed E-state index contributed by atoms with van der Waals surface area (Å²) in [4.78, 5) is 12.1. The van der Waals surface area contributed by atoms with E-state index in [1.807, 2.05) is 31.2 Å². The van der Waals surface area contributed by atoms with E-state index in [0.29, 0.717) is 6.54 Å². The van der Waals surface area contributed by atoms with Gasteiger partial charge in [-0.2, -0.15) is 0 Å². The molecule has 1 aromatic rings. The zero-order valence-electron chi connectivity index (χ0n) is 12.4. The van der Waals surface area contributed by atoms with E-state index in [1.54, 1.807) is 0 Å². The molecule has 2 rings (SSSR count). The number of aryl methyl sites for hydroxylation is 1. The van der Waals surface area contributed by atoms with Gasteiger partial charge in [-0.3, -0.25) is 4.79 Å². The highest BCUT2D eigenvalue weighted by atomic mass is 35.5. The van der Waals surface area contributed by atoms with Gasteiger partial charge in [-0.1, -0.05) is 42.7 Å². The van der Waals surface area contributed by atoms with Crippen molar-refractivity contribution in [3.8, 4) is 0 Å². The molecule has 1 fully saturated rings. The van der Waals surface area contributed by atoms with Crippen LogP contribution < -0.4 is 11.1 Å². The van der Waals surface area contributed by atoms with Crippen molar-refractivity contribution >= 4 is 18.3 Å². The van der Waals surface area contributed by atoms with E-state index in [-0.39, 0.29) is 30.3 Å². The lowest BCUT2D eigenvalue weighted by atomic mass is 9.86. The van der Waals surface area contributed by atoms with Crippen LogP contribution in [0.4, 0.5) is 0 Å². The van der Waals surface area contributed by atoms with E-state index in [4.69, 9.17) is 5.73 Å². The fourth-order valence-corrected chi connectivity index (χ4v) is 2.69. The Morgan fingerprint density at radius 2 is 1.95 bits per heavy atom. The van der Waals surface area contributed by atoms with Gasteiger partial charge in [0.15, 0.2) is 0 Å². The van der Waals surface area contributed by atoms with Crippen molar-refractivity contribution in [1.82, 2.24) is 5.32 Å². The van der Waals surface area contributed by atoms with Crippen LogP contribution >= 0.6 is 12.4 Å². The predicted octanol–water partition coefficient (Wildman–Crippen LogP) is 2.08. The molecule has 0 spiro atoms. The molecule has 0 radical (unpaired) electrons. The Kier molecular flexibility index (Phi) is 7.15. The normalized spacial score (nSPS) is 23.0. The molecular formula is C16H25ClN2O2. The second-order valence-corrected chi connectivity index (χ2v) is 5.75. The Hall–Kier alpha value is -1.10. The zero-order chi connectivity index (χ0) is 14.5. The highest BCUT2D eigenvalue weighted by Gasteiger charge is 2.24. The number of carbonyl (C=O) groups is 1. The number of nitrogens with two attached hydrogens (primary N) is 1. The first-order chi connectivity index (χ1) is 9.58. The van der Waals surface area contributed by atoms with E-state index >= 15 is 0 Å². The number of hydrogen-bond acceptors (Lipinski definition) is 3. The third-order valence-corrected chi connectivity index (χ3v) is 4.13. The van der Waals surface area contributed by atoms with Crippen LogP contribution in [0.2, 0.25) is 0 Å². The quantitative estimate of drug-likeness (QED) is 0.797. The van der Waals surface area contributed by atoms with Crippen molar-refractivity contribution in [1.29, 1.82) is 0 Å². The summed E-state index contributed by atoms with van der Waals surface area (Å²) in [6.45, 7) is 2.51. The molecule has 4 nitrogen and oxygen atoms in total. The number of carbonyl (C=O) groups excluding carboxylic acids is 1. The lowest BCUT2D eigenvalue weighted by molar-refractivity contribution is -0.122. The third kappa shape index (κ3) is 4.99. The van der Waals surface area contributed by atoms with Gasteiger partial charge in [-0.15, -0.1) is 12.4 Å². The van der Waals surface area contributed by atoms with Crippen LogP contribution in [0.25, 0.3) is 0 Å². The van der Waals surface area contributed by atoms with Crippen LogP contribution in [0.1, 0.15) is 42.9 Å². The minimum atomic E-state index is -0.642. The number of aliphatic hydroxyl groups is 1. The molecule has 0 aliphatic heterocycles. The minimum absolute atomic E-state index is 0.